The molecule has 0 bridgehead atoms. The number of nitrogens with zero attached hydrogens (tertiary/aromatic N) is 1. The van der Waals surface area contributed by atoms with Crippen LogP contribution in [0.1, 0.15) is 31.1 Å². The van der Waals surface area contributed by atoms with E-state index in [9.17, 15) is 13.5 Å². The number of aliphatic hydroxyl groups is 1. The summed E-state index contributed by atoms with van der Waals surface area (Å²) in [5, 5.41) is 11.1. The van der Waals surface area contributed by atoms with Gasteiger partial charge in [-0.1, -0.05) is 18.2 Å². The van der Waals surface area contributed by atoms with Gasteiger partial charge in [0.2, 0.25) is 15.8 Å². The number of fused-ring (bicyclic) bond motifs is 1. The summed E-state index contributed by atoms with van der Waals surface area (Å²) in [5.41, 5.74) is 1.19. The molecule has 0 saturated heterocycles. The minimum atomic E-state index is -3.74. The first kappa shape index (κ1) is 21.4. The van der Waals surface area contributed by atoms with Gasteiger partial charge in [-0.2, -0.15) is 4.31 Å². The Kier molecular flexibility index (Phi) is 6.07. The monoisotopic (exact) mass is 421 g/mol. The van der Waals surface area contributed by atoms with Crippen LogP contribution in [0.4, 0.5) is 0 Å². The van der Waals surface area contributed by atoms with Crippen LogP contribution in [0, 0.1) is 0 Å². The SMILES string of the molecule is COc1cc(C[C@H]2[C@@H](O)c3ccccc3S(=O)(=O)N2C(C)C)cc(OC)c1OC. The van der Waals surface area contributed by atoms with Crippen LogP contribution in [-0.2, 0) is 16.4 Å². The third kappa shape index (κ3) is 3.68. The number of ether oxygens (including phenoxy) is 3. The average Bonchev–Trinajstić information content (AvgIpc) is 2.70. The molecule has 2 aromatic rings. The Morgan fingerprint density at radius 1 is 1.03 bits per heavy atom. The minimum Gasteiger partial charge on any atom is -0.493 e. The quantitative estimate of drug-likeness (QED) is 0.772. The fourth-order valence-corrected chi connectivity index (χ4v) is 6.02. The van der Waals surface area contributed by atoms with Crippen molar-refractivity contribution in [3.05, 3.63) is 47.5 Å². The Balaban J connectivity index is 2.10. The van der Waals surface area contributed by atoms with Crippen LogP contribution in [0.2, 0.25) is 0 Å². The molecule has 1 heterocycles. The summed E-state index contributed by atoms with van der Waals surface area (Å²) in [6.07, 6.45) is -0.680. The summed E-state index contributed by atoms with van der Waals surface area (Å²) in [6.45, 7) is 3.61. The molecule has 0 aromatic heterocycles. The summed E-state index contributed by atoms with van der Waals surface area (Å²) in [4.78, 5) is 0.155. The average molecular weight is 422 g/mol. The van der Waals surface area contributed by atoms with Crippen molar-refractivity contribution >= 4 is 10.0 Å². The van der Waals surface area contributed by atoms with E-state index < -0.39 is 22.2 Å². The maximum absolute atomic E-state index is 13.3. The zero-order chi connectivity index (χ0) is 21.3. The highest BCUT2D eigenvalue weighted by Gasteiger charge is 2.44. The number of sulfonamides is 1. The summed E-state index contributed by atoms with van der Waals surface area (Å²) in [6, 6.07) is 9.17. The number of rotatable bonds is 6. The molecule has 3 rings (SSSR count). The second-order valence-electron chi connectivity index (χ2n) is 7.22. The van der Waals surface area contributed by atoms with Gasteiger partial charge < -0.3 is 19.3 Å². The van der Waals surface area contributed by atoms with Gasteiger partial charge in [0.05, 0.1) is 38.4 Å². The summed E-state index contributed by atoms with van der Waals surface area (Å²) < 4.78 is 44.1. The maximum Gasteiger partial charge on any atom is 0.244 e. The van der Waals surface area contributed by atoms with Crippen LogP contribution in [0.3, 0.4) is 0 Å². The van der Waals surface area contributed by atoms with Gasteiger partial charge in [-0.05, 0) is 44.0 Å². The number of hydrogen-bond donors (Lipinski definition) is 1. The third-order valence-corrected chi connectivity index (χ3v) is 7.34. The van der Waals surface area contributed by atoms with Gasteiger partial charge in [-0.15, -0.1) is 0 Å². The molecule has 0 amide bonds. The van der Waals surface area contributed by atoms with E-state index in [4.69, 9.17) is 14.2 Å². The lowest BCUT2D eigenvalue weighted by Gasteiger charge is -2.41. The normalized spacial score (nSPS) is 20.9. The molecule has 29 heavy (non-hydrogen) atoms. The van der Waals surface area contributed by atoms with Crippen LogP contribution in [0.15, 0.2) is 41.3 Å². The lowest BCUT2D eigenvalue weighted by Crippen LogP contribution is -2.52. The lowest BCUT2D eigenvalue weighted by molar-refractivity contribution is 0.0684. The van der Waals surface area contributed by atoms with Crippen molar-refractivity contribution in [1.29, 1.82) is 0 Å². The van der Waals surface area contributed by atoms with Crippen LogP contribution in [0.25, 0.3) is 0 Å². The van der Waals surface area contributed by atoms with E-state index in [0.29, 0.717) is 22.8 Å². The maximum atomic E-state index is 13.3. The Morgan fingerprint density at radius 2 is 1.62 bits per heavy atom. The minimum absolute atomic E-state index is 0.155. The number of benzene rings is 2. The van der Waals surface area contributed by atoms with Crippen LogP contribution in [-0.4, -0.2) is 51.2 Å². The zero-order valence-corrected chi connectivity index (χ0v) is 18.1. The van der Waals surface area contributed by atoms with E-state index in [1.54, 1.807) is 50.2 Å². The Bertz CT molecular complexity index is 963. The number of methoxy groups -OCH3 is 3. The topological polar surface area (TPSA) is 85.3 Å². The first-order chi connectivity index (χ1) is 13.8. The molecule has 1 aliphatic heterocycles. The van der Waals surface area contributed by atoms with Crippen molar-refractivity contribution in [2.45, 2.75) is 43.4 Å². The van der Waals surface area contributed by atoms with E-state index in [-0.39, 0.29) is 17.4 Å². The van der Waals surface area contributed by atoms with Crippen LogP contribution < -0.4 is 14.2 Å². The lowest BCUT2D eigenvalue weighted by atomic mass is 9.94. The summed E-state index contributed by atoms with van der Waals surface area (Å²) in [5.74, 6) is 1.42. The van der Waals surface area contributed by atoms with Gasteiger partial charge in [-0.25, -0.2) is 8.42 Å². The van der Waals surface area contributed by atoms with Crippen molar-refractivity contribution < 1.29 is 27.7 Å². The highest BCUT2D eigenvalue weighted by molar-refractivity contribution is 7.89. The van der Waals surface area contributed by atoms with Crippen LogP contribution in [0.5, 0.6) is 17.2 Å². The zero-order valence-electron chi connectivity index (χ0n) is 17.2. The first-order valence-electron chi connectivity index (χ1n) is 9.35. The number of aliphatic hydroxyl groups excluding tert-OH is 1. The van der Waals surface area contributed by atoms with Crippen LogP contribution >= 0.6 is 0 Å². The second kappa shape index (κ2) is 8.22. The van der Waals surface area contributed by atoms with Gasteiger partial charge in [0, 0.05) is 11.6 Å². The van der Waals surface area contributed by atoms with Gasteiger partial charge in [0.15, 0.2) is 11.5 Å². The summed E-state index contributed by atoms with van der Waals surface area (Å²) >= 11 is 0. The molecule has 2 atom stereocenters. The predicted molar refractivity (Wildman–Crippen MR) is 109 cm³/mol. The molecule has 7 nitrogen and oxygen atoms in total. The molecule has 8 heteroatoms. The molecule has 1 N–H and O–H groups in total. The van der Waals surface area contributed by atoms with Gasteiger partial charge in [-0.3, -0.25) is 0 Å². The van der Waals surface area contributed by atoms with E-state index in [0.717, 1.165) is 5.56 Å². The third-order valence-electron chi connectivity index (χ3n) is 5.16. The van der Waals surface area contributed by atoms with E-state index >= 15 is 0 Å². The highest BCUT2D eigenvalue weighted by atomic mass is 32.2. The van der Waals surface area contributed by atoms with Crippen molar-refractivity contribution in [3.8, 4) is 17.2 Å². The molecular formula is C21H27NO6S. The number of hydrogen-bond acceptors (Lipinski definition) is 6. The fraction of sp³-hybridized carbons (Fsp3) is 0.429. The van der Waals surface area contributed by atoms with Crippen molar-refractivity contribution in [1.82, 2.24) is 4.31 Å². The smallest absolute Gasteiger partial charge is 0.244 e. The van der Waals surface area contributed by atoms with E-state index in [1.165, 1.54) is 25.6 Å². The molecule has 0 spiro atoms. The molecule has 0 aliphatic carbocycles. The fourth-order valence-electron chi connectivity index (χ4n) is 3.95. The van der Waals surface area contributed by atoms with Crippen molar-refractivity contribution in [2.24, 2.45) is 0 Å². The first-order valence-corrected chi connectivity index (χ1v) is 10.8. The van der Waals surface area contributed by atoms with E-state index in [1.807, 2.05) is 0 Å². The van der Waals surface area contributed by atoms with Gasteiger partial charge in [0.1, 0.15) is 0 Å². The van der Waals surface area contributed by atoms with Crippen molar-refractivity contribution in [3.63, 3.8) is 0 Å². The summed E-state index contributed by atoms with van der Waals surface area (Å²) in [7, 11) is 0.831. The van der Waals surface area contributed by atoms with Gasteiger partial charge in [0.25, 0.3) is 0 Å². The van der Waals surface area contributed by atoms with Gasteiger partial charge >= 0.3 is 0 Å². The predicted octanol–water partition coefficient (Wildman–Crippen LogP) is 2.77. The molecule has 2 aromatic carbocycles. The second-order valence-corrected chi connectivity index (χ2v) is 9.03. The Morgan fingerprint density at radius 3 is 2.14 bits per heavy atom. The van der Waals surface area contributed by atoms with E-state index in [2.05, 4.69) is 0 Å². The molecule has 0 unspecified atom stereocenters. The molecule has 158 valence electrons. The highest BCUT2D eigenvalue weighted by Crippen LogP contribution is 2.42. The molecule has 0 saturated carbocycles. The Hall–Kier alpha value is -2.29. The van der Waals surface area contributed by atoms with Crippen molar-refractivity contribution in [2.75, 3.05) is 21.3 Å². The standard InChI is InChI=1S/C21H27NO6S/c1-13(2)22-16(20(23)15-8-6-7-9-19(15)29(22,24)25)10-14-11-17(26-3)21(28-5)18(12-14)27-4/h6-9,11-13,16,20,23H,10H2,1-5H3/t16-,20-/m0/s1. The molecule has 1 aliphatic rings. The molecular weight excluding hydrogens is 394 g/mol. The molecule has 0 fully saturated rings. The Labute approximate surface area is 171 Å². The largest absolute Gasteiger partial charge is 0.493 e. The molecule has 0 radical (unpaired) electrons.